The number of aromatic nitrogens is 4. The van der Waals surface area contributed by atoms with Gasteiger partial charge in [0.1, 0.15) is 0 Å². The highest BCUT2D eigenvalue weighted by molar-refractivity contribution is 7.99. The lowest BCUT2D eigenvalue weighted by Crippen LogP contribution is -2.47. The van der Waals surface area contributed by atoms with Crippen LogP contribution in [0.5, 0.6) is 0 Å². The molecule has 4 aromatic rings. The van der Waals surface area contributed by atoms with Crippen LogP contribution in [-0.4, -0.2) is 73.2 Å². The van der Waals surface area contributed by atoms with Crippen LogP contribution in [0.1, 0.15) is 12.8 Å². The predicted octanol–water partition coefficient (Wildman–Crippen LogP) is 3.62. The summed E-state index contributed by atoms with van der Waals surface area (Å²) < 4.78 is 31.7. The van der Waals surface area contributed by atoms with Gasteiger partial charge in [-0.15, -0.1) is 0 Å². The van der Waals surface area contributed by atoms with Crippen LogP contribution in [0.2, 0.25) is 0 Å². The van der Waals surface area contributed by atoms with Crippen molar-refractivity contribution >= 4 is 71.0 Å². The highest BCUT2D eigenvalue weighted by atomic mass is 32.2. The molecule has 8 N–H and O–H groups in total. The molecule has 10 nitrogen and oxygen atoms in total. The van der Waals surface area contributed by atoms with Crippen molar-refractivity contribution in [2.45, 2.75) is 41.4 Å². The number of nitrogens with one attached hydrogen (secondary N) is 3. The Balaban J connectivity index is 0.000000236. The molecule has 40 heavy (non-hydrogen) atoms. The molecule has 0 unspecified atom stereocenters. The molecule has 2 aromatic heterocycles. The molecular formula is C24H30F3N7O3S3. The van der Waals surface area contributed by atoms with Gasteiger partial charge in [-0.1, -0.05) is 24.3 Å². The van der Waals surface area contributed by atoms with E-state index in [1.165, 1.54) is 11.8 Å². The minimum absolute atomic E-state index is 0.0157. The number of halogens is 3. The molecule has 0 fully saturated rings. The highest BCUT2D eigenvalue weighted by Gasteiger charge is 2.38. The van der Waals surface area contributed by atoms with Crippen molar-refractivity contribution in [2.24, 2.45) is 11.5 Å². The average molecular weight is 618 g/mol. The molecule has 0 aliphatic carbocycles. The van der Waals surface area contributed by atoms with Crippen molar-refractivity contribution in [1.29, 1.82) is 0 Å². The van der Waals surface area contributed by atoms with E-state index in [4.69, 9.17) is 21.4 Å². The fourth-order valence-electron chi connectivity index (χ4n) is 2.97. The molecule has 4 rings (SSSR count). The second-order valence-corrected chi connectivity index (χ2v) is 9.84. The van der Waals surface area contributed by atoms with Gasteiger partial charge >= 0.3 is 12.1 Å². The summed E-state index contributed by atoms with van der Waals surface area (Å²) in [7, 11) is 0. The van der Waals surface area contributed by atoms with Gasteiger partial charge in [-0.2, -0.15) is 38.4 Å². The fourth-order valence-corrected chi connectivity index (χ4v) is 4.41. The van der Waals surface area contributed by atoms with Gasteiger partial charge in [0.2, 0.25) is 5.91 Å². The van der Waals surface area contributed by atoms with E-state index in [-0.39, 0.29) is 11.9 Å². The third-order valence-electron chi connectivity index (χ3n) is 5.01. The number of hydrogen-bond donors (Lipinski definition) is 8. The van der Waals surface area contributed by atoms with Crippen LogP contribution in [0.4, 0.5) is 13.2 Å². The van der Waals surface area contributed by atoms with Crippen LogP contribution in [0.3, 0.4) is 0 Å². The molecule has 0 saturated heterocycles. The normalized spacial score (nSPS) is 11.9. The van der Waals surface area contributed by atoms with Gasteiger partial charge in [0, 0.05) is 17.5 Å². The van der Waals surface area contributed by atoms with Gasteiger partial charge in [-0.3, -0.25) is 4.79 Å². The summed E-state index contributed by atoms with van der Waals surface area (Å²) in [4.78, 5) is 35.9. The summed E-state index contributed by atoms with van der Waals surface area (Å²) in [6.45, 7) is 0.559. The lowest BCUT2D eigenvalue weighted by molar-refractivity contribution is -0.192. The van der Waals surface area contributed by atoms with E-state index in [9.17, 15) is 18.0 Å². The Morgan fingerprint density at radius 2 is 1.43 bits per heavy atom. The molecule has 0 saturated carbocycles. The van der Waals surface area contributed by atoms with E-state index in [0.717, 1.165) is 38.8 Å². The first-order valence-electron chi connectivity index (χ1n) is 11.8. The largest absolute Gasteiger partial charge is 0.490 e. The van der Waals surface area contributed by atoms with Crippen molar-refractivity contribution in [3.63, 3.8) is 0 Å². The monoisotopic (exact) mass is 617 g/mol. The minimum Gasteiger partial charge on any atom is -0.475 e. The lowest BCUT2D eigenvalue weighted by atomic mass is 10.1. The number of para-hydroxylation sites is 4. The Bertz CT molecular complexity index is 1230. The van der Waals surface area contributed by atoms with E-state index in [0.29, 0.717) is 24.5 Å². The molecule has 0 aliphatic rings. The number of aliphatic carboxylic acids is 1. The Morgan fingerprint density at radius 3 is 1.80 bits per heavy atom. The smallest absolute Gasteiger partial charge is 0.475 e. The Labute approximate surface area is 243 Å². The molecule has 1 atom stereocenters. The number of nitrogens with two attached hydrogens (primary N) is 2. The summed E-state index contributed by atoms with van der Waals surface area (Å²) in [5.74, 6) is -1.77. The number of fused-ring (bicyclic) bond motifs is 2. The number of rotatable bonds is 9. The minimum atomic E-state index is -5.08. The quantitative estimate of drug-likeness (QED) is 0.131. The van der Waals surface area contributed by atoms with Crippen LogP contribution in [0.15, 0.2) is 58.8 Å². The number of carboxylic acids is 1. The van der Waals surface area contributed by atoms with Gasteiger partial charge in [0.25, 0.3) is 0 Å². The van der Waals surface area contributed by atoms with Gasteiger partial charge in [0.05, 0.1) is 28.1 Å². The number of carboxylic acid groups (broad SMARTS) is 1. The fraction of sp³-hybridized carbons (Fsp3) is 0.333. The maximum Gasteiger partial charge on any atom is 0.490 e. The first-order valence-corrected chi connectivity index (χ1v) is 13.9. The summed E-state index contributed by atoms with van der Waals surface area (Å²) in [5, 5.41) is 11.6. The number of aromatic amines is 2. The summed E-state index contributed by atoms with van der Waals surface area (Å²) in [6.07, 6.45) is -3.70. The van der Waals surface area contributed by atoms with Crippen LogP contribution in [-0.2, 0) is 9.59 Å². The highest BCUT2D eigenvalue weighted by Crippen LogP contribution is 2.26. The van der Waals surface area contributed by atoms with E-state index in [1.54, 1.807) is 0 Å². The van der Waals surface area contributed by atoms with Gasteiger partial charge in [0.15, 0.2) is 10.3 Å². The second-order valence-electron chi connectivity index (χ2n) is 8.13. The summed E-state index contributed by atoms with van der Waals surface area (Å²) in [5.41, 5.74) is 15.0. The van der Waals surface area contributed by atoms with Crippen molar-refractivity contribution in [1.82, 2.24) is 25.3 Å². The molecule has 0 radical (unpaired) electrons. The molecule has 0 spiro atoms. The predicted molar refractivity (Wildman–Crippen MR) is 156 cm³/mol. The number of nitrogens with zero attached hydrogens (tertiary/aromatic N) is 2. The SMILES string of the molecule is NCCC[C@@H](N)C(=O)NC(CS)CS.O=C(O)C(F)(F)F.c1ccc2[nH]c(Sc3nc4ccccc4[nH]3)nc2c1. The van der Waals surface area contributed by atoms with Crippen LogP contribution >= 0.6 is 37.0 Å². The molecular weight excluding hydrogens is 588 g/mol. The third kappa shape index (κ3) is 10.9. The number of carbonyl (C=O) groups is 2. The molecule has 16 heteroatoms. The number of benzene rings is 2. The number of alkyl halides is 3. The number of imidazole rings is 2. The number of carbonyl (C=O) groups excluding carboxylic acids is 1. The Morgan fingerprint density at radius 1 is 0.975 bits per heavy atom. The first-order chi connectivity index (χ1) is 19.0. The number of thiol groups is 2. The number of amides is 1. The van der Waals surface area contributed by atoms with Crippen molar-refractivity contribution in [2.75, 3.05) is 18.1 Å². The summed E-state index contributed by atoms with van der Waals surface area (Å²) >= 11 is 9.68. The standard InChI is InChI=1S/C14H10N4S.C8H19N3OS2.C2HF3O2/c1-2-6-10-9(5-1)15-13(16-10)19-14-17-11-7-3-4-8-12(11)18-14;9-3-1-2-7(10)8(12)11-6(4-13)5-14;3-2(4,5)1(6)7/h1-8H,(H,15,16)(H,17,18);6-7,13-14H,1-5,9-10H2,(H,11,12);(H,6,7)/t;7-;/m.1./s1. The average Bonchev–Trinajstić information content (AvgIpc) is 3.53. The topological polar surface area (TPSA) is 176 Å². The zero-order valence-corrected chi connectivity index (χ0v) is 23.7. The van der Waals surface area contributed by atoms with E-state index in [1.807, 2.05) is 48.5 Å². The number of H-pyrrole nitrogens is 2. The molecule has 218 valence electrons. The lowest BCUT2D eigenvalue weighted by Gasteiger charge is -2.17. The first kappa shape index (κ1) is 33.3. The van der Waals surface area contributed by atoms with Crippen molar-refractivity contribution in [3.05, 3.63) is 48.5 Å². The maximum atomic E-state index is 11.4. The molecule has 0 aliphatic heterocycles. The number of hydrogen-bond acceptors (Lipinski definition) is 9. The van der Waals surface area contributed by atoms with E-state index < -0.39 is 18.2 Å². The molecule has 2 aromatic carbocycles. The third-order valence-corrected chi connectivity index (χ3v) is 6.67. The van der Waals surface area contributed by atoms with Crippen LogP contribution in [0, 0.1) is 0 Å². The zero-order chi connectivity index (χ0) is 29.7. The maximum absolute atomic E-state index is 11.4. The van der Waals surface area contributed by atoms with Crippen molar-refractivity contribution in [3.8, 4) is 0 Å². The van der Waals surface area contributed by atoms with E-state index >= 15 is 0 Å². The molecule has 0 bridgehead atoms. The zero-order valence-electron chi connectivity index (χ0n) is 21.1. The molecule has 2 heterocycles. The van der Waals surface area contributed by atoms with Gasteiger partial charge in [-0.25, -0.2) is 14.8 Å². The Kier molecular flexibility index (Phi) is 13.6. The van der Waals surface area contributed by atoms with Crippen molar-refractivity contribution < 1.29 is 27.9 Å². The molecule has 1 amide bonds. The van der Waals surface area contributed by atoms with Crippen LogP contribution in [0.25, 0.3) is 22.1 Å². The summed E-state index contributed by atoms with van der Waals surface area (Å²) in [6, 6.07) is 15.5. The Hall–Kier alpha value is -2.92. The van der Waals surface area contributed by atoms with Crippen LogP contribution < -0.4 is 16.8 Å². The van der Waals surface area contributed by atoms with E-state index in [2.05, 4.69) is 50.5 Å². The van der Waals surface area contributed by atoms with Gasteiger partial charge in [-0.05, 0) is 55.4 Å². The van der Waals surface area contributed by atoms with Gasteiger partial charge < -0.3 is 31.9 Å². The second kappa shape index (κ2) is 16.4.